The highest BCUT2D eigenvalue weighted by Crippen LogP contribution is 2.30. The summed E-state index contributed by atoms with van der Waals surface area (Å²) < 4.78 is 0.626. The van der Waals surface area contributed by atoms with Crippen LogP contribution in [0.3, 0.4) is 0 Å². The molecule has 1 amide bonds. The summed E-state index contributed by atoms with van der Waals surface area (Å²) in [6.45, 7) is 1.77. The molecular weight excluding hydrogens is 330 g/mol. The Morgan fingerprint density at radius 2 is 2.05 bits per heavy atom. The average Bonchev–Trinajstić information content (AvgIpc) is 2.38. The molecule has 0 unspecified atom stereocenters. The zero-order chi connectivity index (χ0) is 14.0. The summed E-state index contributed by atoms with van der Waals surface area (Å²) in [5.74, 6) is -0.212. The van der Waals surface area contributed by atoms with Crippen LogP contribution in [-0.2, 0) is 0 Å². The second-order valence-electron chi connectivity index (χ2n) is 4.06. The Balaban J connectivity index is 2.26. The second-order valence-corrected chi connectivity index (χ2v) is 5.26. The van der Waals surface area contributed by atoms with E-state index in [4.69, 9.17) is 11.6 Å². The topological polar surface area (TPSA) is 49.3 Å². The number of nitrogens with one attached hydrogen (secondary N) is 1. The molecule has 0 bridgehead atoms. The van der Waals surface area contributed by atoms with Gasteiger partial charge in [-0.2, -0.15) is 0 Å². The van der Waals surface area contributed by atoms with E-state index in [1.165, 1.54) is 6.07 Å². The molecular formula is C14H11BrClNO2. The Hall–Kier alpha value is -1.52. The van der Waals surface area contributed by atoms with E-state index < -0.39 is 0 Å². The van der Waals surface area contributed by atoms with Gasteiger partial charge in [-0.05, 0) is 52.7 Å². The number of halogens is 2. The molecule has 0 heterocycles. The Morgan fingerprint density at radius 3 is 2.74 bits per heavy atom. The fourth-order valence-corrected chi connectivity index (χ4v) is 2.08. The van der Waals surface area contributed by atoms with Crippen LogP contribution in [0.1, 0.15) is 15.9 Å². The van der Waals surface area contributed by atoms with Gasteiger partial charge in [0.25, 0.3) is 5.91 Å². The fourth-order valence-electron chi connectivity index (χ4n) is 1.55. The molecule has 19 heavy (non-hydrogen) atoms. The van der Waals surface area contributed by atoms with E-state index in [1.54, 1.807) is 37.3 Å². The normalized spacial score (nSPS) is 10.3. The first-order valence-electron chi connectivity index (χ1n) is 5.54. The number of phenols is 1. The summed E-state index contributed by atoms with van der Waals surface area (Å²) >= 11 is 9.26. The number of phenolic OH excluding ortho intramolecular Hbond substituents is 1. The summed E-state index contributed by atoms with van der Waals surface area (Å²) in [6, 6.07) is 9.99. The van der Waals surface area contributed by atoms with E-state index in [0.717, 1.165) is 5.56 Å². The lowest BCUT2D eigenvalue weighted by Crippen LogP contribution is -2.12. The number of aryl methyl sites for hydroxylation is 1. The highest BCUT2D eigenvalue weighted by molar-refractivity contribution is 9.10. The average molecular weight is 341 g/mol. The molecule has 2 N–H and O–H groups in total. The van der Waals surface area contributed by atoms with Crippen LogP contribution in [0, 0.1) is 6.92 Å². The van der Waals surface area contributed by atoms with Crippen molar-refractivity contribution in [2.45, 2.75) is 6.92 Å². The monoisotopic (exact) mass is 339 g/mol. The molecule has 0 aliphatic carbocycles. The van der Waals surface area contributed by atoms with Crippen LogP contribution in [-0.4, -0.2) is 11.0 Å². The van der Waals surface area contributed by atoms with Gasteiger partial charge in [-0.25, -0.2) is 0 Å². The van der Waals surface area contributed by atoms with Crippen molar-refractivity contribution in [1.82, 2.24) is 0 Å². The number of anilines is 1. The van der Waals surface area contributed by atoms with Gasteiger partial charge in [0, 0.05) is 5.56 Å². The number of aromatic hydroxyl groups is 1. The van der Waals surface area contributed by atoms with Crippen LogP contribution < -0.4 is 5.32 Å². The van der Waals surface area contributed by atoms with Crippen molar-refractivity contribution >= 4 is 39.1 Å². The Bertz CT molecular complexity index is 643. The smallest absolute Gasteiger partial charge is 0.255 e. The molecule has 98 valence electrons. The van der Waals surface area contributed by atoms with Gasteiger partial charge >= 0.3 is 0 Å². The van der Waals surface area contributed by atoms with Crippen LogP contribution in [0.4, 0.5) is 5.69 Å². The second kappa shape index (κ2) is 5.63. The van der Waals surface area contributed by atoms with Crippen molar-refractivity contribution < 1.29 is 9.90 Å². The molecule has 5 heteroatoms. The van der Waals surface area contributed by atoms with Gasteiger partial charge in [-0.1, -0.05) is 23.7 Å². The number of benzene rings is 2. The van der Waals surface area contributed by atoms with Crippen molar-refractivity contribution in [2.24, 2.45) is 0 Å². The molecule has 0 atom stereocenters. The molecule has 0 spiro atoms. The van der Waals surface area contributed by atoms with Gasteiger partial charge in [0.2, 0.25) is 0 Å². The summed E-state index contributed by atoms with van der Waals surface area (Å²) in [5.41, 5.74) is 1.69. The molecule has 0 aromatic heterocycles. The zero-order valence-corrected chi connectivity index (χ0v) is 12.4. The first-order valence-corrected chi connectivity index (χ1v) is 6.71. The predicted molar refractivity (Wildman–Crippen MR) is 79.9 cm³/mol. The van der Waals surface area contributed by atoms with Gasteiger partial charge in [-0.3, -0.25) is 4.79 Å². The van der Waals surface area contributed by atoms with Crippen LogP contribution in [0.15, 0.2) is 40.9 Å². The number of hydrogen-bond donors (Lipinski definition) is 2. The maximum absolute atomic E-state index is 12.1. The summed E-state index contributed by atoms with van der Waals surface area (Å²) in [6.07, 6.45) is 0. The van der Waals surface area contributed by atoms with E-state index >= 15 is 0 Å². The Kier molecular flexibility index (Phi) is 4.12. The molecule has 3 nitrogen and oxygen atoms in total. The molecule has 0 radical (unpaired) electrons. The van der Waals surface area contributed by atoms with Crippen LogP contribution in [0.2, 0.25) is 5.02 Å². The summed E-state index contributed by atoms with van der Waals surface area (Å²) in [5, 5.41) is 12.9. The first kappa shape index (κ1) is 13.9. The molecule has 2 aromatic carbocycles. The lowest BCUT2D eigenvalue weighted by Gasteiger charge is -2.09. The summed E-state index contributed by atoms with van der Waals surface area (Å²) in [4.78, 5) is 12.1. The largest absolute Gasteiger partial charge is 0.508 e. The molecule has 0 saturated heterocycles. The fraction of sp³-hybridized carbons (Fsp3) is 0.0714. The number of carbonyl (C=O) groups is 1. The van der Waals surface area contributed by atoms with Crippen LogP contribution >= 0.6 is 27.5 Å². The van der Waals surface area contributed by atoms with E-state index in [2.05, 4.69) is 21.2 Å². The Morgan fingerprint density at radius 1 is 1.32 bits per heavy atom. The number of hydrogen-bond acceptors (Lipinski definition) is 2. The molecule has 0 saturated carbocycles. The van der Waals surface area contributed by atoms with Crippen molar-refractivity contribution in [3.8, 4) is 5.75 Å². The lowest BCUT2D eigenvalue weighted by atomic mass is 10.1. The minimum Gasteiger partial charge on any atom is -0.508 e. The third-order valence-corrected chi connectivity index (χ3v) is 4.07. The van der Waals surface area contributed by atoms with Crippen LogP contribution in [0.25, 0.3) is 0 Å². The molecule has 0 aliphatic heterocycles. The van der Waals surface area contributed by atoms with E-state index in [0.29, 0.717) is 20.7 Å². The zero-order valence-electron chi connectivity index (χ0n) is 10.1. The van der Waals surface area contributed by atoms with Gasteiger partial charge < -0.3 is 10.4 Å². The standard InChI is InChI=1S/C14H11BrClNO2/c1-8-5-6-9(7-12(8)18)14(19)17-11-4-2-3-10(16)13(11)15/h2-7,18H,1H3,(H,17,19). The maximum atomic E-state index is 12.1. The van der Waals surface area contributed by atoms with E-state index in [9.17, 15) is 9.90 Å². The van der Waals surface area contributed by atoms with Gasteiger partial charge in [0.05, 0.1) is 15.2 Å². The molecule has 2 rings (SSSR count). The van der Waals surface area contributed by atoms with Crippen LogP contribution in [0.5, 0.6) is 5.75 Å². The predicted octanol–water partition coefficient (Wildman–Crippen LogP) is 4.37. The number of carbonyl (C=O) groups excluding carboxylic acids is 1. The van der Waals surface area contributed by atoms with Crippen molar-refractivity contribution in [2.75, 3.05) is 5.32 Å². The number of amides is 1. The molecule has 0 fully saturated rings. The minimum atomic E-state index is -0.307. The van der Waals surface area contributed by atoms with Gasteiger partial charge in [-0.15, -0.1) is 0 Å². The highest BCUT2D eigenvalue weighted by Gasteiger charge is 2.11. The van der Waals surface area contributed by atoms with E-state index in [1.807, 2.05) is 0 Å². The van der Waals surface area contributed by atoms with E-state index in [-0.39, 0.29) is 11.7 Å². The quantitative estimate of drug-likeness (QED) is 0.853. The lowest BCUT2D eigenvalue weighted by molar-refractivity contribution is 0.102. The third-order valence-electron chi connectivity index (χ3n) is 2.67. The van der Waals surface area contributed by atoms with Crippen molar-refractivity contribution in [3.63, 3.8) is 0 Å². The molecule has 2 aromatic rings. The van der Waals surface area contributed by atoms with Crippen molar-refractivity contribution in [1.29, 1.82) is 0 Å². The molecule has 0 aliphatic rings. The minimum absolute atomic E-state index is 0.0952. The SMILES string of the molecule is Cc1ccc(C(=O)Nc2cccc(Cl)c2Br)cc1O. The first-order chi connectivity index (χ1) is 8.99. The van der Waals surface area contributed by atoms with Gasteiger partial charge in [0.15, 0.2) is 0 Å². The number of rotatable bonds is 2. The highest BCUT2D eigenvalue weighted by atomic mass is 79.9. The summed E-state index contributed by atoms with van der Waals surface area (Å²) in [7, 11) is 0. The third kappa shape index (κ3) is 3.08. The van der Waals surface area contributed by atoms with Gasteiger partial charge in [0.1, 0.15) is 5.75 Å². The maximum Gasteiger partial charge on any atom is 0.255 e. The van der Waals surface area contributed by atoms with Crippen molar-refractivity contribution in [3.05, 3.63) is 57.0 Å². The Labute approximate surface area is 124 Å².